The van der Waals surface area contributed by atoms with Crippen molar-refractivity contribution in [2.24, 2.45) is 0 Å². The Morgan fingerprint density at radius 2 is 2.00 bits per heavy atom. The molecule has 0 spiro atoms. The van der Waals surface area contributed by atoms with Gasteiger partial charge < -0.3 is 4.85 Å². The predicted octanol–water partition coefficient (Wildman–Crippen LogP) is 2.05. The highest BCUT2D eigenvalue weighted by atomic mass is 14.7. The summed E-state index contributed by atoms with van der Waals surface area (Å²) < 4.78 is 0. The largest absolute Gasteiger partial charge is 0.314 e. The van der Waals surface area contributed by atoms with Gasteiger partial charge in [-0.25, -0.2) is 6.57 Å². The third-order valence-corrected chi connectivity index (χ3v) is 1.59. The minimum Gasteiger partial charge on any atom is -0.314 e. The van der Waals surface area contributed by atoms with E-state index in [0.717, 1.165) is 25.7 Å². The summed E-state index contributed by atoms with van der Waals surface area (Å²) in [4.78, 5) is 3.48. The van der Waals surface area contributed by atoms with Crippen molar-refractivity contribution in [3.8, 4) is 0 Å². The van der Waals surface area contributed by atoms with Crippen molar-refractivity contribution in [1.82, 2.24) is 0 Å². The molecule has 1 nitrogen and oxygen atoms in total. The van der Waals surface area contributed by atoms with Gasteiger partial charge in [-0.15, -0.1) is 0 Å². The molecule has 0 saturated heterocycles. The van der Waals surface area contributed by atoms with Crippen LogP contribution in [0.4, 0.5) is 0 Å². The van der Waals surface area contributed by atoms with Gasteiger partial charge >= 0.3 is 0 Å². The van der Waals surface area contributed by atoms with E-state index >= 15 is 0 Å². The molecule has 1 heteroatoms. The zero-order valence-electron chi connectivity index (χ0n) is 4.93. The fourth-order valence-electron chi connectivity index (χ4n) is 1.04. The Balaban J connectivity index is 2.25. The molecular weight excluding hydrogens is 98.1 g/mol. The van der Waals surface area contributed by atoms with Gasteiger partial charge in [0.15, 0.2) is 0 Å². The van der Waals surface area contributed by atoms with Gasteiger partial charge in [-0.3, -0.25) is 0 Å². The zero-order valence-corrected chi connectivity index (χ0v) is 4.93. The van der Waals surface area contributed by atoms with Crippen LogP contribution in [0.5, 0.6) is 0 Å². The summed E-state index contributed by atoms with van der Waals surface area (Å²) in [5.41, 5.74) is 0. The van der Waals surface area contributed by atoms with Gasteiger partial charge in [0.05, 0.1) is 0 Å². The topological polar surface area (TPSA) is 4.36 Å². The molecule has 8 heavy (non-hydrogen) atoms. The molecule has 0 aromatic rings. The molecular formula is C7H10N. The van der Waals surface area contributed by atoms with Crippen LogP contribution in [0.3, 0.4) is 0 Å². The Bertz CT molecular complexity index is 95.4. The molecule has 43 valence electrons. The lowest BCUT2D eigenvalue weighted by molar-refractivity contribution is 0.559. The normalized spacial score (nSPS) is 22.4. The Morgan fingerprint density at radius 3 is 2.38 bits per heavy atom. The Hall–Kier alpha value is -0.510. The minimum atomic E-state index is 0.347. The van der Waals surface area contributed by atoms with Crippen LogP contribution in [0.2, 0.25) is 0 Å². The molecule has 0 aromatic carbocycles. The van der Waals surface area contributed by atoms with E-state index in [-0.39, 0.29) is 0 Å². The number of nitrogens with zero attached hydrogens (tertiary/aromatic N) is 1. The van der Waals surface area contributed by atoms with Crippen LogP contribution in [0, 0.1) is 13.0 Å². The van der Waals surface area contributed by atoms with Crippen LogP contribution >= 0.6 is 0 Å². The second kappa shape index (κ2) is 2.71. The monoisotopic (exact) mass is 108 g/mol. The van der Waals surface area contributed by atoms with Gasteiger partial charge in [0.1, 0.15) is 0 Å². The van der Waals surface area contributed by atoms with Crippen LogP contribution in [0.15, 0.2) is 0 Å². The lowest BCUT2D eigenvalue weighted by atomic mass is 9.96. The van der Waals surface area contributed by atoms with Crippen molar-refractivity contribution in [2.45, 2.75) is 31.7 Å². The van der Waals surface area contributed by atoms with Gasteiger partial charge in [-0.05, 0) is 19.3 Å². The van der Waals surface area contributed by atoms with Crippen molar-refractivity contribution in [3.63, 3.8) is 0 Å². The van der Waals surface area contributed by atoms with E-state index in [9.17, 15) is 0 Å². The summed E-state index contributed by atoms with van der Waals surface area (Å²) in [7, 11) is 0. The fourth-order valence-corrected chi connectivity index (χ4v) is 1.04. The molecule has 1 saturated carbocycles. The lowest BCUT2D eigenvalue weighted by Gasteiger charge is -2.09. The number of hydrogen-bond donors (Lipinski definition) is 0. The van der Waals surface area contributed by atoms with Crippen LogP contribution in [0.1, 0.15) is 25.7 Å². The molecule has 0 heterocycles. The maximum Gasteiger partial charge on any atom is 0.223 e. The Kier molecular flexibility index (Phi) is 1.91. The third-order valence-electron chi connectivity index (χ3n) is 1.59. The average molecular weight is 108 g/mol. The van der Waals surface area contributed by atoms with E-state index < -0.39 is 0 Å². The Labute approximate surface area is 50.5 Å². The molecule has 0 N–H and O–H groups in total. The third kappa shape index (κ3) is 1.23. The van der Waals surface area contributed by atoms with Crippen molar-refractivity contribution in [2.75, 3.05) is 0 Å². The van der Waals surface area contributed by atoms with Crippen molar-refractivity contribution < 1.29 is 0 Å². The van der Waals surface area contributed by atoms with Crippen LogP contribution < -0.4 is 0 Å². The maximum absolute atomic E-state index is 6.71. The summed E-state index contributed by atoms with van der Waals surface area (Å²) in [6.07, 6.45) is 6.80. The van der Waals surface area contributed by atoms with E-state index in [1.807, 2.05) is 0 Å². The molecule has 0 unspecified atom stereocenters. The van der Waals surface area contributed by atoms with Gasteiger partial charge in [-0.2, -0.15) is 0 Å². The molecule has 1 fully saturated rings. The van der Waals surface area contributed by atoms with Gasteiger partial charge in [0, 0.05) is 12.8 Å². The second-order valence-electron chi connectivity index (χ2n) is 2.23. The first kappa shape index (κ1) is 5.62. The fraction of sp³-hybridized carbons (Fsp3) is 0.714. The molecule has 1 rings (SSSR count). The molecule has 0 bridgehead atoms. The van der Waals surface area contributed by atoms with Crippen LogP contribution in [0.25, 0.3) is 4.85 Å². The number of hydrogen-bond acceptors (Lipinski definition) is 0. The molecule has 0 aliphatic heterocycles. The van der Waals surface area contributed by atoms with Crippen LogP contribution in [-0.4, -0.2) is 6.04 Å². The van der Waals surface area contributed by atoms with E-state index in [2.05, 4.69) is 11.3 Å². The zero-order chi connectivity index (χ0) is 5.82. The van der Waals surface area contributed by atoms with Crippen molar-refractivity contribution in [3.05, 3.63) is 17.8 Å². The van der Waals surface area contributed by atoms with E-state index in [4.69, 9.17) is 6.57 Å². The highest BCUT2D eigenvalue weighted by molar-refractivity contribution is 4.87. The van der Waals surface area contributed by atoms with E-state index in [1.165, 1.54) is 0 Å². The van der Waals surface area contributed by atoms with Crippen LogP contribution in [-0.2, 0) is 0 Å². The number of rotatable bonds is 0. The molecule has 1 aliphatic rings. The summed E-state index contributed by atoms with van der Waals surface area (Å²) in [5.74, 6) is 0. The Morgan fingerprint density at radius 1 is 1.38 bits per heavy atom. The average Bonchev–Trinajstić information content (AvgIpc) is 1.90. The van der Waals surface area contributed by atoms with Crippen molar-refractivity contribution >= 4 is 0 Å². The SMILES string of the molecule is [C-]#[N+]C1CC[CH]CC1. The first-order valence-electron chi connectivity index (χ1n) is 3.11. The highest BCUT2D eigenvalue weighted by Crippen LogP contribution is 2.18. The second-order valence-corrected chi connectivity index (χ2v) is 2.23. The van der Waals surface area contributed by atoms with E-state index in [0.29, 0.717) is 6.04 Å². The van der Waals surface area contributed by atoms with E-state index in [1.54, 1.807) is 0 Å². The van der Waals surface area contributed by atoms with Gasteiger partial charge in [0.25, 0.3) is 0 Å². The summed E-state index contributed by atoms with van der Waals surface area (Å²) in [5, 5.41) is 0. The smallest absolute Gasteiger partial charge is 0.223 e. The molecule has 1 radical (unpaired) electrons. The van der Waals surface area contributed by atoms with Crippen molar-refractivity contribution in [1.29, 1.82) is 0 Å². The maximum atomic E-state index is 6.71. The summed E-state index contributed by atoms with van der Waals surface area (Å²) in [6, 6.07) is 0.347. The van der Waals surface area contributed by atoms with Gasteiger partial charge in [-0.1, -0.05) is 0 Å². The minimum absolute atomic E-state index is 0.347. The molecule has 0 amide bonds. The quantitative estimate of drug-likeness (QED) is 0.418. The van der Waals surface area contributed by atoms with Gasteiger partial charge in [0.2, 0.25) is 6.04 Å². The molecule has 0 aromatic heterocycles. The molecule has 0 atom stereocenters. The standard InChI is InChI=1S/C7H10N/c1-8-7-5-3-2-4-6-7/h2,7H,3-6H2. The first-order valence-corrected chi connectivity index (χ1v) is 3.11. The predicted molar refractivity (Wildman–Crippen MR) is 33.2 cm³/mol. The summed E-state index contributed by atoms with van der Waals surface area (Å²) >= 11 is 0. The summed E-state index contributed by atoms with van der Waals surface area (Å²) in [6.45, 7) is 6.71. The first-order chi connectivity index (χ1) is 3.93. The molecule has 1 aliphatic carbocycles. The highest BCUT2D eigenvalue weighted by Gasteiger charge is 2.15. The lowest BCUT2D eigenvalue weighted by Crippen LogP contribution is -2.06.